The van der Waals surface area contributed by atoms with Crippen LogP contribution < -0.4 is 5.73 Å². The number of phenolic OH excluding ortho intramolecular Hbond substituents is 1. The Kier molecular flexibility index (Phi) is 3.40. The predicted molar refractivity (Wildman–Crippen MR) is 67.4 cm³/mol. The van der Waals surface area contributed by atoms with Gasteiger partial charge in [0.15, 0.2) is 5.78 Å². The second-order valence-electron chi connectivity index (χ2n) is 4.14. The number of para-hydroxylation sites is 1. The van der Waals surface area contributed by atoms with Crippen LogP contribution in [0.1, 0.15) is 21.5 Å². The van der Waals surface area contributed by atoms with Gasteiger partial charge >= 0.3 is 6.18 Å². The topological polar surface area (TPSA) is 63.3 Å². The van der Waals surface area contributed by atoms with Crippen molar-refractivity contribution in [3.63, 3.8) is 0 Å². The quantitative estimate of drug-likeness (QED) is 0.656. The van der Waals surface area contributed by atoms with E-state index in [9.17, 15) is 23.1 Å². The van der Waals surface area contributed by atoms with Crippen molar-refractivity contribution in [3.8, 4) is 5.75 Å². The maximum Gasteiger partial charge on any atom is 0.418 e. The molecule has 0 aliphatic heterocycles. The summed E-state index contributed by atoms with van der Waals surface area (Å²) >= 11 is 0. The van der Waals surface area contributed by atoms with E-state index in [2.05, 4.69) is 0 Å². The van der Waals surface area contributed by atoms with Crippen molar-refractivity contribution >= 4 is 11.5 Å². The molecule has 0 bridgehead atoms. The summed E-state index contributed by atoms with van der Waals surface area (Å²) in [6, 6.07) is 8.49. The smallest absolute Gasteiger partial charge is 0.418 e. The van der Waals surface area contributed by atoms with Gasteiger partial charge in [0.2, 0.25) is 0 Å². The normalized spacial score (nSPS) is 11.3. The molecule has 0 saturated heterocycles. The molecule has 0 aromatic heterocycles. The van der Waals surface area contributed by atoms with Crippen molar-refractivity contribution in [2.24, 2.45) is 0 Å². The molecule has 0 aliphatic carbocycles. The van der Waals surface area contributed by atoms with E-state index < -0.39 is 23.2 Å². The summed E-state index contributed by atoms with van der Waals surface area (Å²) in [5, 5.41) is 9.30. The van der Waals surface area contributed by atoms with E-state index >= 15 is 0 Å². The van der Waals surface area contributed by atoms with Gasteiger partial charge in [-0.25, -0.2) is 0 Å². The molecule has 3 N–H and O–H groups in total. The predicted octanol–water partition coefficient (Wildman–Crippen LogP) is 3.22. The Labute approximate surface area is 112 Å². The first-order valence-electron chi connectivity index (χ1n) is 5.60. The number of ketones is 1. The van der Waals surface area contributed by atoms with Gasteiger partial charge in [-0.2, -0.15) is 13.2 Å². The third kappa shape index (κ3) is 2.59. The Morgan fingerprint density at radius 2 is 1.75 bits per heavy atom. The number of carbonyl (C=O) groups is 1. The van der Waals surface area contributed by atoms with Crippen molar-refractivity contribution in [2.45, 2.75) is 6.18 Å². The van der Waals surface area contributed by atoms with Crippen LogP contribution in [0.3, 0.4) is 0 Å². The molecule has 0 fully saturated rings. The minimum atomic E-state index is -4.63. The molecular formula is C14H10F3NO2. The molecule has 0 heterocycles. The van der Waals surface area contributed by atoms with Gasteiger partial charge in [-0.3, -0.25) is 4.79 Å². The Hall–Kier alpha value is -2.50. The van der Waals surface area contributed by atoms with E-state index in [1.165, 1.54) is 30.3 Å². The number of alkyl halides is 3. The Morgan fingerprint density at radius 3 is 2.35 bits per heavy atom. The zero-order valence-corrected chi connectivity index (χ0v) is 10.1. The summed E-state index contributed by atoms with van der Waals surface area (Å²) in [5.74, 6) is -0.828. The fraction of sp³-hybridized carbons (Fsp3) is 0.0714. The highest BCUT2D eigenvalue weighted by molar-refractivity contribution is 6.12. The zero-order valence-electron chi connectivity index (χ0n) is 10.1. The van der Waals surface area contributed by atoms with E-state index in [1.807, 2.05) is 0 Å². The number of anilines is 1. The molecule has 0 saturated carbocycles. The van der Waals surface area contributed by atoms with Crippen LogP contribution in [0.25, 0.3) is 0 Å². The molecule has 0 unspecified atom stereocenters. The Bertz CT molecular complexity index is 666. The van der Waals surface area contributed by atoms with Crippen LogP contribution >= 0.6 is 0 Å². The number of hydrogen-bond acceptors (Lipinski definition) is 3. The lowest BCUT2D eigenvalue weighted by Gasteiger charge is -2.13. The SMILES string of the molecule is Nc1c(C(=O)c2cccc(O)c2)cccc1C(F)(F)F. The molecule has 0 aliphatic rings. The first-order chi connectivity index (χ1) is 9.30. The van der Waals surface area contributed by atoms with Crippen LogP contribution in [-0.2, 0) is 6.18 Å². The van der Waals surface area contributed by atoms with Crippen LogP contribution in [0.4, 0.5) is 18.9 Å². The van der Waals surface area contributed by atoms with Crippen molar-refractivity contribution in [1.82, 2.24) is 0 Å². The van der Waals surface area contributed by atoms with Gasteiger partial charge in [0.1, 0.15) is 5.75 Å². The lowest BCUT2D eigenvalue weighted by molar-refractivity contribution is -0.136. The van der Waals surface area contributed by atoms with Crippen LogP contribution in [0, 0.1) is 0 Å². The Morgan fingerprint density at radius 1 is 1.10 bits per heavy atom. The lowest BCUT2D eigenvalue weighted by atomic mass is 9.98. The first kappa shape index (κ1) is 13.9. The van der Waals surface area contributed by atoms with Crippen molar-refractivity contribution in [2.75, 3.05) is 5.73 Å². The summed E-state index contributed by atoms with van der Waals surface area (Å²) in [5.41, 5.74) is 3.59. The van der Waals surface area contributed by atoms with Crippen LogP contribution in [0.15, 0.2) is 42.5 Å². The van der Waals surface area contributed by atoms with E-state index in [1.54, 1.807) is 0 Å². The summed E-state index contributed by atoms with van der Waals surface area (Å²) in [4.78, 5) is 12.1. The summed E-state index contributed by atoms with van der Waals surface area (Å²) in [6.45, 7) is 0. The molecule has 0 radical (unpaired) electrons. The molecule has 2 rings (SSSR count). The molecule has 0 spiro atoms. The standard InChI is InChI=1S/C14H10F3NO2/c15-14(16,17)11-6-2-5-10(12(11)18)13(20)8-3-1-4-9(19)7-8/h1-7,19H,18H2. The lowest BCUT2D eigenvalue weighted by Crippen LogP contribution is -2.13. The number of nitrogens with two attached hydrogens (primary N) is 1. The molecule has 2 aromatic rings. The summed E-state index contributed by atoms with van der Waals surface area (Å²) < 4.78 is 38.2. The third-order valence-electron chi connectivity index (χ3n) is 2.76. The molecule has 104 valence electrons. The van der Waals surface area contributed by atoms with Crippen molar-refractivity contribution < 1.29 is 23.1 Å². The van der Waals surface area contributed by atoms with Gasteiger partial charge in [0.25, 0.3) is 0 Å². The molecule has 0 atom stereocenters. The van der Waals surface area contributed by atoms with Crippen molar-refractivity contribution in [1.29, 1.82) is 0 Å². The van der Waals surface area contributed by atoms with Crippen molar-refractivity contribution in [3.05, 3.63) is 59.2 Å². The second-order valence-corrected chi connectivity index (χ2v) is 4.14. The van der Waals surface area contributed by atoms with Gasteiger partial charge in [0, 0.05) is 11.1 Å². The minimum Gasteiger partial charge on any atom is -0.508 e. The number of aromatic hydroxyl groups is 1. The molecule has 0 amide bonds. The maximum atomic E-state index is 12.7. The largest absolute Gasteiger partial charge is 0.508 e. The third-order valence-corrected chi connectivity index (χ3v) is 2.76. The van der Waals surface area contributed by atoms with Gasteiger partial charge in [0.05, 0.1) is 11.3 Å². The number of phenols is 1. The molecular weight excluding hydrogens is 271 g/mol. The fourth-order valence-electron chi connectivity index (χ4n) is 1.81. The number of benzene rings is 2. The molecule has 2 aromatic carbocycles. The van der Waals surface area contributed by atoms with Gasteiger partial charge in [-0.05, 0) is 24.3 Å². The number of rotatable bonds is 2. The van der Waals surface area contributed by atoms with Crippen LogP contribution in [0.5, 0.6) is 5.75 Å². The van der Waals surface area contributed by atoms with E-state index in [4.69, 9.17) is 5.73 Å². The Balaban J connectivity index is 2.51. The van der Waals surface area contributed by atoms with Gasteiger partial charge < -0.3 is 10.8 Å². The minimum absolute atomic E-state index is 0.0658. The molecule has 6 heteroatoms. The molecule has 20 heavy (non-hydrogen) atoms. The van der Waals surface area contributed by atoms with Crippen LogP contribution in [0.2, 0.25) is 0 Å². The highest BCUT2D eigenvalue weighted by atomic mass is 19.4. The van der Waals surface area contributed by atoms with E-state index in [0.29, 0.717) is 0 Å². The van der Waals surface area contributed by atoms with E-state index in [0.717, 1.165) is 12.1 Å². The summed E-state index contributed by atoms with van der Waals surface area (Å²) in [6.07, 6.45) is -4.63. The van der Waals surface area contributed by atoms with E-state index in [-0.39, 0.29) is 16.9 Å². The highest BCUT2D eigenvalue weighted by Crippen LogP contribution is 2.35. The fourth-order valence-corrected chi connectivity index (χ4v) is 1.81. The number of halogens is 3. The number of carbonyl (C=O) groups excluding carboxylic acids is 1. The van der Waals surface area contributed by atoms with Gasteiger partial charge in [-0.1, -0.05) is 18.2 Å². The highest BCUT2D eigenvalue weighted by Gasteiger charge is 2.34. The maximum absolute atomic E-state index is 12.7. The second kappa shape index (κ2) is 4.88. The number of hydrogen-bond donors (Lipinski definition) is 2. The summed E-state index contributed by atoms with van der Waals surface area (Å²) in [7, 11) is 0. The average Bonchev–Trinajstić information content (AvgIpc) is 2.37. The van der Waals surface area contributed by atoms with Crippen LogP contribution in [-0.4, -0.2) is 10.9 Å². The number of nitrogen functional groups attached to an aromatic ring is 1. The zero-order chi connectivity index (χ0) is 14.9. The van der Waals surface area contributed by atoms with Gasteiger partial charge in [-0.15, -0.1) is 0 Å². The molecule has 3 nitrogen and oxygen atoms in total. The first-order valence-corrected chi connectivity index (χ1v) is 5.60. The average molecular weight is 281 g/mol. The monoisotopic (exact) mass is 281 g/mol.